The predicted octanol–water partition coefficient (Wildman–Crippen LogP) is 5.18. The Morgan fingerprint density at radius 1 is 0.760 bits per heavy atom. The summed E-state index contributed by atoms with van der Waals surface area (Å²) in [7, 11) is 0. The maximum absolute atomic E-state index is 6.52. The lowest BCUT2D eigenvalue weighted by molar-refractivity contribution is 0.668. The van der Waals surface area contributed by atoms with Gasteiger partial charge in [-0.05, 0) is 35.9 Å². The zero-order chi connectivity index (χ0) is 16.8. The van der Waals surface area contributed by atoms with E-state index in [1.807, 2.05) is 54.6 Å². The van der Waals surface area contributed by atoms with Crippen LogP contribution in [0.25, 0.3) is 32.8 Å². The lowest BCUT2D eigenvalue weighted by Gasteiger charge is -2.12. The van der Waals surface area contributed by atoms with Gasteiger partial charge in [-0.15, -0.1) is 0 Å². The molecule has 3 nitrogen and oxygen atoms in total. The smallest absolute Gasteiger partial charge is 0.135 e. The van der Waals surface area contributed by atoms with Gasteiger partial charge in [-0.2, -0.15) is 0 Å². The highest BCUT2D eigenvalue weighted by Crippen LogP contribution is 2.31. The van der Waals surface area contributed by atoms with Gasteiger partial charge in [0.15, 0.2) is 0 Å². The first-order chi connectivity index (χ1) is 12.3. The number of furan rings is 1. The van der Waals surface area contributed by atoms with Crippen molar-refractivity contribution in [3.05, 3.63) is 90.1 Å². The quantitative estimate of drug-likeness (QED) is 0.486. The van der Waals surface area contributed by atoms with Crippen molar-refractivity contribution < 1.29 is 4.42 Å². The summed E-state index contributed by atoms with van der Waals surface area (Å²) in [5.41, 5.74) is 11.2. The Morgan fingerprint density at radius 2 is 1.56 bits per heavy atom. The Balaban J connectivity index is 1.64. The standard InChI is InChI=1S/C22H16N2O/c23-22(19-11-9-14-5-1-3-7-18(14)24-19)15-10-12-21-17(13-15)16-6-2-4-8-20(16)25-21/h1-13,22H,23H2. The van der Waals surface area contributed by atoms with E-state index in [0.717, 1.165) is 44.1 Å². The van der Waals surface area contributed by atoms with Crippen molar-refractivity contribution in [1.29, 1.82) is 0 Å². The van der Waals surface area contributed by atoms with E-state index in [9.17, 15) is 0 Å². The van der Waals surface area contributed by atoms with Gasteiger partial charge in [0.1, 0.15) is 11.2 Å². The molecule has 3 aromatic carbocycles. The van der Waals surface area contributed by atoms with Crippen LogP contribution in [0.4, 0.5) is 0 Å². The van der Waals surface area contributed by atoms with Crippen LogP contribution in [0.2, 0.25) is 0 Å². The van der Waals surface area contributed by atoms with Crippen LogP contribution < -0.4 is 5.73 Å². The summed E-state index contributed by atoms with van der Waals surface area (Å²) in [6.07, 6.45) is 0. The Kier molecular flexibility index (Phi) is 3.08. The van der Waals surface area contributed by atoms with E-state index >= 15 is 0 Å². The summed E-state index contributed by atoms with van der Waals surface area (Å²) < 4.78 is 5.89. The number of nitrogens with two attached hydrogens (primary N) is 1. The maximum atomic E-state index is 6.52. The molecule has 0 radical (unpaired) electrons. The van der Waals surface area contributed by atoms with Crippen LogP contribution in [0.15, 0.2) is 83.3 Å². The molecule has 0 aliphatic carbocycles. The van der Waals surface area contributed by atoms with E-state index in [-0.39, 0.29) is 6.04 Å². The van der Waals surface area contributed by atoms with Crippen LogP contribution in [0.1, 0.15) is 17.3 Å². The fraction of sp³-hybridized carbons (Fsp3) is 0.0455. The number of rotatable bonds is 2. The van der Waals surface area contributed by atoms with E-state index in [4.69, 9.17) is 15.1 Å². The highest BCUT2D eigenvalue weighted by molar-refractivity contribution is 6.05. The SMILES string of the molecule is NC(c1ccc2oc3ccccc3c2c1)c1ccc2ccccc2n1. The van der Waals surface area contributed by atoms with Crippen molar-refractivity contribution in [2.45, 2.75) is 6.04 Å². The van der Waals surface area contributed by atoms with Crippen molar-refractivity contribution in [2.75, 3.05) is 0 Å². The van der Waals surface area contributed by atoms with Gasteiger partial charge in [0.2, 0.25) is 0 Å². The third-order valence-electron chi connectivity index (χ3n) is 4.70. The zero-order valence-corrected chi connectivity index (χ0v) is 13.5. The van der Waals surface area contributed by atoms with Crippen molar-refractivity contribution in [2.24, 2.45) is 5.73 Å². The van der Waals surface area contributed by atoms with E-state index in [0.29, 0.717) is 0 Å². The minimum atomic E-state index is -0.275. The van der Waals surface area contributed by atoms with E-state index in [1.54, 1.807) is 0 Å². The number of aromatic nitrogens is 1. The number of hydrogen-bond donors (Lipinski definition) is 1. The third-order valence-corrected chi connectivity index (χ3v) is 4.70. The average molecular weight is 324 g/mol. The summed E-state index contributed by atoms with van der Waals surface area (Å²) in [4.78, 5) is 4.73. The Bertz CT molecular complexity index is 1220. The summed E-state index contributed by atoms with van der Waals surface area (Å²) in [6, 6.07) is 26.1. The number of hydrogen-bond acceptors (Lipinski definition) is 3. The first-order valence-electron chi connectivity index (χ1n) is 8.32. The summed E-state index contributed by atoms with van der Waals surface area (Å²) >= 11 is 0. The minimum absolute atomic E-state index is 0.275. The zero-order valence-electron chi connectivity index (χ0n) is 13.5. The molecule has 3 heteroatoms. The molecular formula is C22H16N2O. The molecule has 0 saturated carbocycles. The molecule has 0 aliphatic rings. The molecule has 0 saturated heterocycles. The topological polar surface area (TPSA) is 52.0 Å². The molecule has 1 unspecified atom stereocenters. The highest BCUT2D eigenvalue weighted by atomic mass is 16.3. The van der Waals surface area contributed by atoms with Crippen LogP contribution in [-0.4, -0.2) is 4.98 Å². The molecule has 2 N–H and O–H groups in total. The van der Waals surface area contributed by atoms with E-state index < -0.39 is 0 Å². The second-order valence-electron chi connectivity index (χ2n) is 6.26. The molecule has 0 fully saturated rings. The molecule has 5 rings (SSSR count). The number of para-hydroxylation sites is 2. The summed E-state index contributed by atoms with van der Waals surface area (Å²) in [6.45, 7) is 0. The van der Waals surface area contributed by atoms with Crippen LogP contribution in [0, 0.1) is 0 Å². The number of fused-ring (bicyclic) bond motifs is 4. The number of nitrogens with zero attached hydrogens (tertiary/aromatic N) is 1. The molecule has 0 bridgehead atoms. The molecule has 2 heterocycles. The van der Waals surface area contributed by atoms with Gasteiger partial charge in [-0.25, -0.2) is 0 Å². The molecule has 0 spiro atoms. The van der Waals surface area contributed by atoms with Crippen LogP contribution in [0.3, 0.4) is 0 Å². The fourth-order valence-electron chi connectivity index (χ4n) is 3.36. The van der Waals surface area contributed by atoms with Gasteiger partial charge in [-0.1, -0.05) is 48.5 Å². The maximum Gasteiger partial charge on any atom is 0.135 e. The molecule has 0 aliphatic heterocycles. The fourth-order valence-corrected chi connectivity index (χ4v) is 3.36. The number of benzene rings is 3. The molecular weight excluding hydrogens is 308 g/mol. The van der Waals surface area contributed by atoms with Gasteiger partial charge in [0.25, 0.3) is 0 Å². The van der Waals surface area contributed by atoms with Crippen LogP contribution in [0.5, 0.6) is 0 Å². The van der Waals surface area contributed by atoms with Crippen molar-refractivity contribution in [3.8, 4) is 0 Å². The lowest BCUT2D eigenvalue weighted by atomic mass is 10.0. The van der Waals surface area contributed by atoms with Gasteiger partial charge in [0.05, 0.1) is 17.3 Å². The van der Waals surface area contributed by atoms with Crippen molar-refractivity contribution in [1.82, 2.24) is 4.98 Å². The third kappa shape index (κ3) is 2.29. The second-order valence-corrected chi connectivity index (χ2v) is 6.26. The molecule has 0 amide bonds. The number of pyridine rings is 1. The molecule has 120 valence electrons. The highest BCUT2D eigenvalue weighted by Gasteiger charge is 2.14. The second kappa shape index (κ2) is 5.43. The molecule has 5 aromatic rings. The lowest BCUT2D eigenvalue weighted by Crippen LogP contribution is -2.13. The van der Waals surface area contributed by atoms with Crippen LogP contribution >= 0.6 is 0 Å². The molecule has 2 aromatic heterocycles. The van der Waals surface area contributed by atoms with Gasteiger partial charge in [0, 0.05) is 16.2 Å². The van der Waals surface area contributed by atoms with Gasteiger partial charge >= 0.3 is 0 Å². The minimum Gasteiger partial charge on any atom is -0.456 e. The Hall–Kier alpha value is -3.17. The van der Waals surface area contributed by atoms with Gasteiger partial charge in [-0.3, -0.25) is 4.98 Å². The van der Waals surface area contributed by atoms with Gasteiger partial charge < -0.3 is 10.2 Å². The Morgan fingerprint density at radius 3 is 2.52 bits per heavy atom. The Labute approximate surface area is 144 Å². The first-order valence-corrected chi connectivity index (χ1v) is 8.32. The predicted molar refractivity (Wildman–Crippen MR) is 101 cm³/mol. The normalized spacial score (nSPS) is 12.8. The monoisotopic (exact) mass is 324 g/mol. The first kappa shape index (κ1) is 14.2. The van der Waals surface area contributed by atoms with Crippen molar-refractivity contribution in [3.63, 3.8) is 0 Å². The van der Waals surface area contributed by atoms with Crippen molar-refractivity contribution >= 4 is 32.8 Å². The summed E-state index contributed by atoms with van der Waals surface area (Å²) in [5.74, 6) is 0. The van der Waals surface area contributed by atoms with Crippen LogP contribution in [-0.2, 0) is 0 Å². The summed E-state index contributed by atoms with van der Waals surface area (Å²) in [5, 5.41) is 3.32. The average Bonchev–Trinajstić information content (AvgIpc) is 3.05. The van der Waals surface area contributed by atoms with E-state index in [2.05, 4.69) is 24.3 Å². The van der Waals surface area contributed by atoms with E-state index in [1.165, 1.54) is 0 Å². The molecule has 25 heavy (non-hydrogen) atoms. The molecule has 1 atom stereocenters. The largest absolute Gasteiger partial charge is 0.456 e.